The van der Waals surface area contributed by atoms with Gasteiger partial charge in [-0.2, -0.15) is 0 Å². The van der Waals surface area contributed by atoms with E-state index in [1.807, 2.05) is 43.3 Å². The van der Waals surface area contributed by atoms with Crippen LogP contribution in [0.25, 0.3) is 11.1 Å². The van der Waals surface area contributed by atoms with Gasteiger partial charge in [0.05, 0.1) is 37.6 Å². The van der Waals surface area contributed by atoms with Crippen molar-refractivity contribution in [2.24, 2.45) is 0 Å². The van der Waals surface area contributed by atoms with Crippen LogP contribution in [-0.4, -0.2) is 50.3 Å². The fraction of sp³-hybridized carbons (Fsp3) is 0.444. The fourth-order valence-corrected chi connectivity index (χ4v) is 9.29. The Morgan fingerprint density at radius 1 is 0.405 bits per heavy atom. The molecule has 0 amide bonds. The number of aryl methyl sites for hydroxylation is 5. The second-order valence-corrected chi connectivity index (χ2v) is 21.3. The number of halogens is 1. The minimum Gasteiger partial charge on any atom is -0.494 e. The molecule has 0 aromatic heterocycles. The van der Waals surface area contributed by atoms with Gasteiger partial charge in [-0.1, -0.05) is 139 Å². The molecule has 12 heteroatoms. The van der Waals surface area contributed by atoms with Gasteiger partial charge in [0.2, 0.25) is 0 Å². The Hall–Kier alpha value is -7.15. The molecule has 6 rings (SSSR count). The van der Waals surface area contributed by atoms with Gasteiger partial charge in [-0.25, -0.2) is 23.8 Å². The molecule has 0 aliphatic heterocycles. The molecule has 0 radical (unpaired) electrons. The van der Waals surface area contributed by atoms with Crippen LogP contribution in [0.5, 0.6) is 23.0 Å². The van der Waals surface area contributed by atoms with Gasteiger partial charge in [-0.15, -0.1) is 0 Å². The number of unbranched alkanes of at least 4 members (excludes halogenated alkanes) is 12. The van der Waals surface area contributed by atoms with Gasteiger partial charge < -0.3 is 23.7 Å². The summed E-state index contributed by atoms with van der Waals surface area (Å²) in [7, 11) is 0. The van der Waals surface area contributed by atoms with Crippen molar-refractivity contribution < 1.29 is 57.0 Å². The van der Waals surface area contributed by atoms with Crippen LogP contribution in [0.15, 0.2) is 133 Å². The molecular formula is C72H91FO11. The van der Waals surface area contributed by atoms with E-state index in [-0.39, 0.29) is 17.5 Å². The first kappa shape index (κ1) is 67.6. The zero-order valence-corrected chi connectivity index (χ0v) is 50.7. The van der Waals surface area contributed by atoms with Gasteiger partial charge in [0.15, 0.2) is 0 Å². The summed E-state index contributed by atoms with van der Waals surface area (Å²) < 4.78 is 41.9. The van der Waals surface area contributed by atoms with Crippen molar-refractivity contribution in [2.75, 3.05) is 26.4 Å². The summed E-state index contributed by atoms with van der Waals surface area (Å²) in [6.45, 7) is 12.6. The Kier molecular flexibility index (Phi) is 32.3. The smallest absolute Gasteiger partial charge is 0.343 e. The normalized spacial score (nSPS) is 10.9. The third-order valence-electron chi connectivity index (χ3n) is 14.3. The summed E-state index contributed by atoms with van der Waals surface area (Å²) >= 11 is 0. The highest BCUT2D eigenvalue weighted by Gasteiger charge is 2.15. The monoisotopic (exact) mass is 1150 g/mol. The molecule has 0 bridgehead atoms. The van der Waals surface area contributed by atoms with E-state index >= 15 is 0 Å². The molecule has 0 aliphatic carbocycles. The first-order valence-corrected chi connectivity index (χ1v) is 30.9. The second-order valence-electron chi connectivity index (χ2n) is 21.3. The molecule has 84 heavy (non-hydrogen) atoms. The summed E-state index contributed by atoms with van der Waals surface area (Å²) in [5.41, 5.74) is 8.42. The van der Waals surface area contributed by atoms with E-state index < -0.39 is 17.8 Å². The summed E-state index contributed by atoms with van der Waals surface area (Å²) in [5, 5.41) is 0. The molecule has 11 nitrogen and oxygen atoms in total. The molecule has 0 N–H and O–H groups in total. The van der Waals surface area contributed by atoms with Gasteiger partial charge in [0.1, 0.15) is 28.8 Å². The Morgan fingerprint density at radius 2 is 0.905 bits per heavy atom. The van der Waals surface area contributed by atoms with E-state index in [2.05, 4.69) is 70.2 Å². The number of hydrogen-bond donors (Lipinski definition) is 0. The molecule has 0 saturated carbocycles. The molecule has 0 heterocycles. The van der Waals surface area contributed by atoms with Gasteiger partial charge in [0.25, 0.3) is 0 Å². The van der Waals surface area contributed by atoms with Crippen molar-refractivity contribution in [1.82, 2.24) is 0 Å². The van der Waals surface area contributed by atoms with Gasteiger partial charge in [-0.3, -0.25) is 9.59 Å². The van der Waals surface area contributed by atoms with Crippen LogP contribution in [-0.2, 0) is 49.8 Å². The molecule has 0 fully saturated rings. The summed E-state index contributed by atoms with van der Waals surface area (Å²) in [6, 6.07) is 41.6. The number of carbonyl (C=O) groups is 4. The average molecular weight is 1150 g/mol. The topological polar surface area (TPSA) is 133 Å². The lowest BCUT2D eigenvalue weighted by Crippen LogP contribution is -2.10. The van der Waals surface area contributed by atoms with E-state index in [9.17, 15) is 23.6 Å². The number of carbonyl (C=O) groups excluding carboxylic acids is 4. The highest BCUT2D eigenvalue weighted by Crippen LogP contribution is 2.26. The van der Waals surface area contributed by atoms with Crippen LogP contribution in [0.2, 0.25) is 0 Å². The van der Waals surface area contributed by atoms with E-state index in [1.165, 1.54) is 40.8 Å². The summed E-state index contributed by atoms with van der Waals surface area (Å²) in [6.07, 6.45) is 21.5. The Balaban J connectivity index is 0.000000309. The third-order valence-corrected chi connectivity index (χ3v) is 14.3. The van der Waals surface area contributed by atoms with Crippen molar-refractivity contribution in [3.63, 3.8) is 0 Å². The molecule has 6 aromatic rings. The predicted molar refractivity (Wildman–Crippen MR) is 331 cm³/mol. The standard InChI is InChI=1S/C37H45FO6.C35H46O5/c1-3-5-7-8-9-15-35(39)43-31-23-19-30(20-24-31)36(40)44-32-21-16-28(17-22-32)13-10-11-14-29-18-25-33(34(38)27-29)37(41)42-26-12-6-4-2;1-4-6-9-12-35(36)40-34-24-19-30(28(3)27-34)16-13-29-14-17-31(18-15-29)32-20-22-33(23-21-32)37-25-10-7-8-11-26-39-38-5-2/h16-25,27H,3-15,26H2,1-2H3;14-15,17-24,27H,4-13,16,25-26H2,1-3H3. The number of rotatable bonds is 38. The molecule has 0 atom stereocenters. The van der Waals surface area contributed by atoms with Crippen LogP contribution < -0.4 is 18.9 Å². The summed E-state index contributed by atoms with van der Waals surface area (Å²) in [4.78, 5) is 58.6. The van der Waals surface area contributed by atoms with Crippen LogP contribution in [0, 0.1) is 12.7 Å². The van der Waals surface area contributed by atoms with Crippen LogP contribution in [0.1, 0.15) is 198 Å². The lowest BCUT2D eigenvalue weighted by molar-refractivity contribution is -0.291. The minimum atomic E-state index is -0.612. The minimum absolute atomic E-state index is 0.0210. The highest BCUT2D eigenvalue weighted by atomic mass is 19.1. The van der Waals surface area contributed by atoms with E-state index in [1.54, 1.807) is 42.5 Å². The van der Waals surface area contributed by atoms with Gasteiger partial charge in [-0.05, 0) is 203 Å². The lowest BCUT2D eigenvalue weighted by atomic mass is 9.98. The Labute approximate surface area is 499 Å². The third kappa shape index (κ3) is 26.6. The molecule has 0 spiro atoms. The van der Waals surface area contributed by atoms with Crippen molar-refractivity contribution >= 4 is 23.9 Å². The number of ether oxygens (including phenoxy) is 5. The lowest BCUT2D eigenvalue weighted by Gasteiger charge is -2.10. The molecule has 0 saturated heterocycles. The fourth-order valence-electron chi connectivity index (χ4n) is 9.29. The van der Waals surface area contributed by atoms with E-state index in [0.29, 0.717) is 61.9 Å². The average Bonchev–Trinajstić information content (AvgIpc) is 3.69. The van der Waals surface area contributed by atoms with Crippen molar-refractivity contribution in [1.29, 1.82) is 0 Å². The molecular weight excluding hydrogens is 1060 g/mol. The van der Waals surface area contributed by atoms with Crippen molar-refractivity contribution in [3.05, 3.63) is 178 Å². The summed E-state index contributed by atoms with van der Waals surface area (Å²) in [5.74, 6) is 0.340. The van der Waals surface area contributed by atoms with Crippen LogP contribution >= 0.6 is 0 Å². The van der Waals surface area contributed by atoms with E-state index in [0.717, 1.165) is 151 Å². The molecule has 0 aliphatic rings. The van der Waals surface area contributed by atoms with Crippen molar-refractivity contribution in [3.8, 4) is 34.1 Å². The maximum absolute atomic E-state index is 14.5. The SMILES string of the molecule is CCCCCC(=O)Oc1ccc(CCc2ccc(-c3ccc(OCCCCCCOOCC)cc3)cc2)c(C)c1.CCCCCCCC(=O)Oc1ccc(C(=O)Oc2ccc(CCCCc3ccc(C(=O)OCCCCC)c(F)c3)cc2)cc1. The zero-order valence-electron chi connectivity index (χ0n) is 50.7. The maximum atomic E-state index is 14.5. The quantitative estimate of drug-likeness (QED) is 0.0121. The molecule has 0 unspecified atom stereocenters. The zero-order chi connectivity index (χ0) is 60.0. The first-order valence-electron chi connectivity index (χ1n) is 30.9. The number of esters is 4. The molecule has 452 valence electrons. The predicted octanol–water partition coefficient (Wildman–Crippen LogP) is 18.1. The van der Waals surface area contributed by atoms with Gasteiger partial charge in [0, 0.05) is 12.8 Å². The Bertz CT molecular complexity index is 2830. The van der Waals surface area contributed by atoms with Crippen molar-refractivity contribution in [2.45, 2.75) is 182 Å². The largest absolute Gasteiger partial charge is 0.494 e. The van der Waals surface area contributed by atoms with Gasteiger partial charge >= 0.3 is 23.9 Å². The second kappa shape index (κ2) is 40.2. The molecule has 6 aromatic carbocycles. The Morgan fingerprint density at radius 3 is 1.56 bits per heavy atom. The first-order chi connectivity index (χ1) is 41.0. The highest BCUT2D eigenvalue weighted by molar-refractivity contribution is 5.91. The van der Waals surface area contributed by atoms with Crippen LogP contribution in [0.4, 0.5) is 4.39 Å². The number of hydrogen-bond acceptors (Lipinski definition) is 11. The number of benzene rings is 6. The van der Waals surface area contributed by atoms with Crippen LogP contribution in [0.3, 0.4) is 0 Å². The maximum Gasteiger partial charge on any atom is 0.343 e. The van der Waals surface area contributed by atoms with E-state index in [4.69, 9.17) is 33.5 Å².